The Hall–Kier alpha value is -1.87. The quantitative estimate of drug-likeness (QED) is 0.759. The fourth-order valence-electron chi connectivity index (χ4n) is 4.40. The third kappa shape index (κ3) is 4.42. The molecule has 6 nitrogen and oxygen atoms in total. The van der Waals surface area contributed by atoms with Crippen molar-refractivity contribution in [2.24, 2.45) is 0 Å². The minimum absolute atomic E-state index is 0.0788. The first-order chi connectivity index (χ1) is 14.5. The summed E-state index contributed by atoms with van der Waals surface area (Å²) < 4.78 is 19.3. The molecule has 0 bridgehead atoms. The van der Waals surface area contributed by atoms with Gasteiger partial charge in [0.15, 0.2) is 0 Å². The Morgan fingerprint density at radius 1 is 1.33 bits per heavy atom. The highest BCUT2D eigenvalue weighted by Gasteiger charge is 2.38. The molecule has 0 radical (unpaired) electrons. The fourth-order valence-corrected chi connectivity index (χ4v) is 5.31. The van der Waals surface area contributed by atoms with Crippen molar-refractivity contribution >= 4 is 17.2 Å². The third-order valence-electron chi connectivity index (χ3n) is 6.21. The van der Waals surface area contributed by atoms with Crippen LogP contribution in [0.1, 0.15) is 46.7 Å². The smallest absolute Gasteiger partial charge is 0.256 e. The van der Waals surface area contributed by atoms with Gasteiger partial charge in [0.1, 0.15) is 16.4 Å². The van der Waals surface area contributed by atoms with Crippen molar-refractivity contribution in [1.82, 2.24) is 14.8 Å². The Morgan fingerprint density at radius 3 is 2.83 bits per heavy atom. The van der Waals surface area contributed by atoms with E-state index in [1.165, 1.54) is 18.6 Å². The van der Waals surface area contributed by atoms with Crippen LogP contribution in [0.2, 0.25) is 0 Å². The zero-order valence-electron chi connectivity index (χ0n) is 17.2. The van der Waals surface area contributed by atoms with E-state index in [1.807, 2.05) is 5.38 Å². The molecule has 162 valence electrons. The predicted molar refractivity (Wildman–Crippen MR) is 113 cm³/mol. The largest absolute Gasteiger partial charge is 0.383 e. The number of thiazole rings is 1. The lowest BCUT2D eigenvalue weighted by Crippen LogP contribution is -2.45. The van der Waals surface area contributed by atoms with E-state index in [4.69, 9.17) is 9.72 Å². The molecule has 2 fully saturated rings. The molecule has 0 aliphatic carbocycles. The number of likely N-dealkylation sites (tertiary alicyclic amines) is 2. The summed E-state index contributed by atoms with van der Waals surface area (Å²) in [5.74, 6) is -0.839. The molecule has 30 heavy (non-hydrogen) atoms. The SMILES string of the molecule is COCC1CCCN1Cc1nc(C2(O)CCN(C(=O)c3ccccc3F)CC2)cs1. The molecule has 8 heteroatoms. The molecule has 1 amide bonds. The van der Waals surface area contributed by atoms with Gasteiger partial charge in [-0.1, -0.05) is 12.1 Å². The molecule has 1 N–H and O–H groups in total. The molecule has 2 aliphatic rings. The molecule has 3 heterocycles. The fraction of sp³-hybridized carbons (Fsp3) is 0.545. The number of carbonyl (C=O) groups excluding carboxylic acids is 1. The maximum Gasteiger partial charge on any atom is 0.256 e. The van der Waals surface area contributed by atoms with Crippen LogP contribution in [0.4, 0.5) is 4.39 Å². The van der Waals surface area contributed by atoms with E-state index in [2.05, 4.69) is 4.90 Å². The molecule has 1 unspecified atom stereocenters. The lowest BCUT2D eigenvalue weighted by molar-refractivity contribution is -0.0242. The number of hydrogen-bond donors (Lipinski definition) is 1. The van der Waals surface area contributed by atoms with Gasteiger partial charge in [0, 0.05) is 31.6 Å². The molecular weight excluding hydrogens is 405 g/mol. The second-order valence-electron chi connectivity index (χ2n) is 8.15. The summed E-state index contributed by atoms with van der Waals surface area (Å²) in [5, 5.41) is 14.1. The first-order valence-corrected chi connectivity index (χ1v) is 11.3. The van der Waals surface area contributed by atoms with Crippen LogP contribution in [-0.2, 0) is 16.9 Å². The van der Waals surface area contributed by atoms with Crippen molar-refractivity contribution in [3.05, 3.63) is 51.7 Å². The molecule has 0 saturated carbocycles. The van der Waals surface area contributed by atoms with E-state index >= 15 is 0 Å². The number of amides is 1. The van der Waals surface area contributed by atoms with Gasteiger partial charge in [-0.2, -0.15) is 0 Å². The Labute approximate surface area is 180 Å². The van der Waals surface area contributed by atoms with Crippen LogP contribution in [-0.4, -0.2) is 65.2 Å². The summed E-state index contributed by atoms with van der Waals surface area (Å²) in [7, 11) is 1.73. The zero-order chi connectivity index (χ0) is 21.1. The van der Waals surface area contributed by atoms with Crippen LogP contribution >= 0.6 is 11.3 Å². The lowest BCUT2D eigenvalue weighted by Gasteiger charge is -2.37. The summed E-state index contributed by atoms with van der Waals surface area (Å²) in [4.78, 5) is 21.4. The summed E-state index contributed by atoms with van der Waals surface area (Å²) in [6, 6.07) is 6.45. The summed E-state index contributed by atoms with van der Waals surface area (Å²) in [6.07, 6.45) is 3.10. The van der Waals surface area contributed by atoms with Gasteiger partial charge in [-0.15, -0.1) is 11.3 Å². The molecule has 1 aromatic carbocycles. The number of ether oxygens (including phenoxy) is 1. The van der Waals surface area contributed by atoms with Gasteiger partial charge in [-0.25, -0.2) is 9.37 Å². The van der Waals surface area contributed by atoms with E-state index < -0.39 is 11.4 Å². The van der Waals surface area contributed by atoms with E-state index in [0.29, 0.717) is 37.7 Å². The first kappa shape index (κ1) is 21.4. The van der Waals surface area contributed by atoms with Crippen molar-refractivity contribution in [2.45, 2.75) is 43.9 Å². The van der Waals surface area contributed by atoms with E-state index in [9.17, 15) is 14.3 Å². The van der Waals surface area contributed by atoms with Gasteiger partial charge in [-0.3, -0.25) is 9.69 Å². The van der Waals surface area contributed by atoms with Crippen LogP contribution in [0.15, 0.2) is 29.6 Å². The first-order valence-electron chi connectivity index (χ1n) is 10.4. The monoisotopic (exact) mass is 433 g/mol. The van der Waals surface area contributed by atoms with Crippen molar-refractivity contribution in [3.8, 4) is 0 Å². The number of aliphatic hydroxyl groups is 1. The van der Waals surface area contributed by atoms with E-state index in [0.717, 1.165) is 31.1 Å². The highest BCUT2D eigenvalue weighted by molar-refractivity contribution is 7.09. The van der Waals surface area contributed by atoms with Gasteiger partial charge < -0.3 is 14.7 Å². The standard InChI is InChI=1S/C22H28FN3O3S/c1-29-14-16-5-4-10-26(16)13-20-24-19(15-30-20)22(28)8-11-25(12-9-22)21(27)17-6-2-3-7-18(17)23/h2-3,6-7,15-16,28H,4-5,8-14H2,1H3. The topological polar surface area (TPSA) is 65.9 Å². The van der Waals surface area contributed by atoms with Gasteiger partial charge in [-0.05, 0) is 44.4 Å². The minimum atomic E-state index is -1.04. The summed E-state index contributed by atoms with van der Waals surface area (Å²) in [5.41, 5.74) is -0.282. The van der Waals surface area contributed by atoms with Crippen LogP contribution in [0, 0.1) is 5.82 Å². The molecule has 2 aromatic rings. The zero-order valence-corrected chi connectivity index (χ0v) is 18.0. The molecule has 2 aliphatic heterocycles. The molecule has 1 atom stereocenters. The van der Waals surface area contributed by atoms with Gasteiger partial charge in [0.05, 0.1) is 24.4 Å². The Balaban J connectivity index is 1.38. The second-order valence-corrected chi connectivity index (χ2v) is 9.09. The van der Waals surface area contributed by atoms with Crippen LogP contribution < -0.4 is 0 Å². The maximum absolute atomic E-state index is 13.9. The van der Waals surface area contributed by atoms with Crippen LogP contribution in [0.3, 0.4) is 0 Å². The van der Waals surface area contributed by atoms with Crippen molar-refractivity contribution in [2.75, 3.05) is 33.4 Å². The van der Waals surface area contributed by atoms with Crippen molar-refractivity contribution in [1.29, 1.82) is 0 Å². The lowest BCUT2D eigenvalue weighted by atomic mass is 9.88. The van der Waals surface area contributed by atoms with E-state index in [1.54, 1.807) is 35.5 Å². The Kier molecular flexibility index (Phi) is 6.48. The maximum atomic E-state index is 13.9. The average molecular weight is 434 g/mol. The third-order valence-corrected chi connectivity index (χ3v) is 7.04. The number of halogens is 1. The normalized spacial score (nSPS) is 21.8. The highest BCUT2D eigenvalue weighted by atomic mass is 32.1. The number of benzene rings is 1. The molecular formula is C22H28FN3O3S. The van der Waals surface area contributed by atoms with Gasteiger partial charge >= 0.3 is 0 Å². The van der Waals surface area contributed by atoms with Crippen molar-refractivity contribution in [3.63, 3.8) is 0 Å². The summed E-state index contributed by atoms with van der Waals surface area (Å²) >= 11 is 1.57. The minimum Gasteiger partial charge on any atom is -0.383 e. The predicted octanol–water partition coefficient (Wildman–Crippen LogP) is 3.02. The van der Waals surface area contributed by atoms with Gasteiger partial charge in [0.25, 0.3) is 5.91 Å². The summed E-state index contributed by atoms with van der Waals surface area (Å²) in [6.45, 7) is 3.29. The molecule has 2 saturated heterocycles. The van der Waals surface area contributed by atoms with Gasteiger partial charge in [0.2, 0.25) is 0 Å². The molecule has 1 aromatic heterocycles. The number of carbonyl (C=O) groups is 1. The van der Waals surface area contributed by atoms with Crippen molar-refractivity contribution < 1.29 is 19.0 Å². The Morgan fingerprint density at radius 2 is 2.10 bits per heavy atom. The number of rotatable bonds is 6. The highest BCUT2D eigenvalue weighted by Crippen LogP contribution is 2.34. The van der Waals surface area contributed by atoms with Crippen LogP contribution in [0.25, 0.3) is 0 Å². The Bertz CT molecular complexity index is 882. The van der Waals surface area contributed by atoms with Crippen LogP contribution in [0.5, 0.6) is 0 Å². The number of hydrogen-bond acceptors (Lipinski definition) is 6. The molecule has 4 rings (SSSR count). The molecule has 0 spiro atoms. The number of aromatic nitrogens is 1. The number of nitrogens with zero attached hydrogens (tertiary/aromatic N) is 3. The average Bonchev–Trinajstić information content (AvgIpc) is 3.39. The second kappa shape index (κ2) is 9.09. The number of methoxy groups -OCH3 is 1. The van der Waals surface area contributed by atoms with E-state index in [-0.39, 0.29) is 11.5 Å². The number of piperidine rings is 1.